The Hall–Kier alpha value is -0.540. The number of hydrogen-bond donors (Lipinski definition) is 0. The van der Waals surface area contributed by atoms with Gasteiger partial charge in [0.15, 0.2) is 12.5 Å². The summed E-state index contributed by atoms with van der Waals surface area (Å²) in [5.41, 5.74) is 0. The summed E-state index contributed by atoms with van der Waals surface area (Å²) in [4.78, 5) is 9.71. The third-order valence-electron chi connectivity index (χ3n) is 1.22. The van der Waals surface area contributed by atoms with Crippen LogP contribution < -0.4 is 0 Å². The number of carbonyl (C=O) groups is 1. The number of hydrogen-bond acceptors (Lipinski definition) is 1. The van der Waals surface area contributed by atoms with Crippen molar-refractivity contribution in [1.82, 2.24) is 0 Å². The van der Waals surface area contributed by atoms with Gasteiger partial charge in [-0.25, -0.2) is 13.2 Å². The van der Waals surface area contributed by atoms with Crippen LogP contribution >= 0.6 is 0 Å². The molecule has 0 saturated carbocycles. The van der Waals surface area contributed by atoms with Gasteiger partial charge in [0, 0.05) is 6.42 Å². The summed E-state index contributed by atoms with van der Waals surface area (Å²) in [5, 5.41) is 0. The summed E-state index contributed by atoms with van der Waals surface area (Å²) in [6.07, 6.45) is -4.80. The zero-order chi connectivity index (χ0) is 8.15. The maximum atomic E-state index is 12.2. The largest absolute Gasteiger partial charge is 0.300 e. The monoisotopic (exact) mass is 154 g/mol. The Morgan fingerprint density at radius 2 is 1.90 bits per heavy atom. The second-order valence-corrected chi connectivity index (χ2v) is 2.18. The first-order chi connectivity index (χ1) is 4.57. The molecule has 0 radical (unpaired) electrons. The minimum atomic E-state index is -2.53. The Morgan fingerprint density at radius 1 is 1.40 bits per heavy atom. The second kappa shape index (κ2) is 4.30. The third-order valence-corrected chi connectivity index (χ3v) is 1.22. The van der Waals surface area contributed by atoms with E-state index in [2.05, 4.69) is 0 Å². The number of rotatable bonds is 4. The Bertz CT molecular complexity index is 105. The van der Waals surface area contributed by atoms with E-state index in [9.17, 15) is 18.0 Å². The Balaban J connectivity index is 3.60. The predicted molar refractivity (Wildman–Crippen MR) is 30.7 cm³/mol. The topological polar surface area (TPSA) is 17.1 Å². The van der Waals surface area contributed by atoms with Crippen LogP contribution in [-0.4, -0.2) is 18.9 Å². The van der Waals surface area contributed by atoms with Crippen molar-refractivity contribution < 1.29 is 18.0 Å². The van der Waals surface area contributed by atoms with E-state index in [0.717, 1.165) is 0 Å². The van der Waals surface area contributed by atoms with Crippen molar-refractivity contribution in [2.24, 2.45) is 5.92 Å². The van der Waals surface area contributed by atoms with Crippen molar-refractivity contribution in [3.63, 3.8) is 0 Å². The lowest BCUT2D eigenvalue weighted by Crippen LogP contribution is -2.16. The van der Waals surface area contributed by atoms with Gasteiger partial charge in [-0.1, -0.05) is 6.92 Å². The third kappa shape index (κ3) is 3.48. The first-order valence-corrected chi connectivity index (χ1v) is 2.95. The van der Waals surface area contributed by atoms with Crippen LogP contribution in [0.4, 0.5) is 13.2 Å². The Morgan fingerprint density at radius 3 is 2.20 bits per heavy atom. The fourth-order valence-electron chi connectivity index (χ4n) is 0.545. The molecule has 0 aromatic carbocycles. The molecule has 0 fully saturated rings. The van der Waals surface area contributed by atoms with Crippen LogP contribution in [0.25, 0.3) is 0 Å². The van der Waals surface area contributed by atoms with Gasteiger partial charge < -0.3 is 4.79 Å². The average Bonchev–Trinajstić information content (AvgIpc) is 1.85. The molecule has 60 valence electrons. The molecule has 0 amide bonds. The lowest BCUT2D eigenvalue weighted by molar-refractivity contribution is -0.113. The van der Waals surface area contributed by atoms with Crippen LogP contribution in [-0.2, 0) is 4.79 Å². The predicted octanol–water partition coefficient (Wildman–Crippen LogP) is 1.81. The molecule has 2 unspecified atom stereocenters. The molecule has 0 rings (SSSR count). The molecular formula is C6H9F3O. The second-order valence-electron chi connectivity index (χ2n) is 2.18. The lowest BCUT2D eigenvalue weighted by Gasteiger charge is -2.09. The molecule has 0 N–H and O–H groups in total. The molecule has 0 bridgehead atoms. The molecule has 2 atom stereocenters. The van der Waals surface area contributed by atoms with Gasteiger partial charge in [-0.3, -0.25) is 0 Å². The van der Waals surface area contributed by atoms with Gasteiger partial charge in [-0.05, 0) is 5.92 Å². The molecule has 0 heterocycles. The van der Waals surface area contributed by atoms with Crippen LogP contribution in [0.3, 0.4) is 0 Å². The highest BCUT2D eigenvalue weighted by Gasteiger charge is 2.19. The van der Waals surface area contributed by atoms with Gasteiger partial charge in [0.05, 0.1) is 0 Å². The SMILES string of the molecule is CC(CC(F)F)C(F)C=O. The molecule has 0 aliphatic rings. The van der Waals surface area contributed by atoms with Crippen LogP contribution in [0.15, 0.2) is 0 Å². The van der Waals surface area contributed by atoms with Gasteiger partial charge >= 0.3 is 0 Å². The Kier molecular flexibility index (Phi) is 4.07. The maximum absolute atomic E-state index is 12.2. The molecule has 0 spiro atoms. The molecule has 0 saturated heterocycles. The van der Waals surface area contributed by atoms with Crippen molar-refractivity contribution in [3.05, 3.63) is 0 Å². The van der Waals surface area contributed by atoms with Crippen LogP contribution in [0, 0.1) is 5.92 Å². The molecule has 1 nitrogen and oxygen atoms in total. The van der Waals surface area contributed by atoms with Crippen LogP contribution in [0.5, 0.6) is 0 Å². The minimum Gasteiger partial charge on any atom is -0.300 e. The first kappa shape index (κ1) is 9.46. The van der Waals surface area contributed by atoms with Gasteiger partial charge in [0.1, 0.15) is 0 Å². The zero-order valence-corrected chi connectivity index (χ0v) is 5.56. The molecule has 0 aliphatic carbocycles. The normalized spacial score (nSPS) is 16.9. The Labute approximate surface area is 57.2 Å². The molecule has 0 aromatic rings. The van der Waals surface area contributed by atoms with Gasteiger partial charge in [0.2, 0.25) is 6.43 Å². The molecule has 0 aliphatic heterocycles. The molecule has 4 heteroatoms. The lowest BCUT2D eigenvalue weighted by atomic mass is 10.0. The van der Waals surface area contributed by atoms with Crippen molar-refractivity contribution >= 4 is 6.29 Å². The minimum absolute atomic E-state index is 0.0487. The number of halogens is 3. The molecular weight excluding hydrogens is 145 g/mol. The van der Waals surface area contributed by atoms with Gasteiger partial charge in [-0.15, -0.1) is 0 Å². The summed E-state index contributed by atoms with van der Waals surface area (Å²) in [6.45, 7) is 1.28. The van der Waals surface area contributed by atoms with E-state index in [1.54, 1.807) is 0 Å². The fourth-order valence-corrected chi connectivity index (χ4v) is 0.545. The summed E-state index contributed by atoms with van der Waals surface area (Å²) < 4.78 is 35.2. The van der Waals surface area contributed by atoms with Gasteiger partial charge in [-0.2, -0.15) is 0 Å². The first-order valence-electron chi connectivity index (χ1n) is 2.95. The van der Waals surface area contributed by atoms with Crippen LogP contribution in [0.2, 0.25) is 0 Å². The van der Waals surface area contributed by atoms with Crippen LogP contribution in [0.1, 0.15) is 13.3 Å². The highest BCUT2D eigenvalue weighted by atomic mass is 19.3. The summed E-state index contributed by atoms with van der Waals surface area (Å²) in [5.74, 6) is -0.877. The van der Waals surface area contributed by atoms with Crippen molar-refractivity contribution in [2.75, 3.05) is 0 Å². The van der Waals surface area contributed by atoms with E-state index in [0.29, 0.717) is 0 Å². The highest BCUT2D eigenvalue weighted by Crippen LogP contribution is 2.14. The van der Waals surface area contributed by atoms with Crippen molar-refractivity contribution in [2.45, 2.75) is 25.9 Å². The fraction of sp³-hybridized carbons (Fsp3) is 0.833. The van der Waals surface area contributed by atoms with E-state index in [-0.39, 0.29) is 6.29 Å². The van der Waals surface area contributed by atoms with E-state index < -0.39 is 24.9 Å². The number of carbonyl (C=O) groups excluding carboxylic acids is 1. The average molecular weight is 154 g/mol. The molecule has 0 aromatic heterocycles. The summed E-state index contributed by atoms with van der Waals surface area (Å²) in [6, 6.07) is 0. The number of aldehydes is 1. The van der Waals surface area contributed by atoms with Crippen molar-refractivity contribution in [3.8, 4) is 0 Å². The highest BCUT2D eigenvalue weighted by molar-refractivity contribution is 5.56. The number of alkyl halides is 3. The maximum Gasteiger partial charge on any atom is 0.239 e. The zero-order valence-electron chi connectivity index (χ0n) is 5.56. The molecule has 10 heavy (non-hydrogen) atoms. The van der Waals surface area contributed by atoms with E-state index in [1.165, 1.54) is 6.92 Å². The summed E-state index contributed by atoms with van der Waals surface area (Å²) >= 11 is 0. The standard InChI is InChI=1S/C6H9F3O/c1-4(2-6(8)9)5(7)3-10/h3-6H,2H2,1H3. The van der Waals surface area contributed by atoms with E-state index >= 15 is 0 Å². The van der Waals surface area contributed by atoms with E-state index in [4.69, 9.17) is 0 Å². The van der Waals surface area contributed by atoms with Crippen molar-refractivity contribution in [1.29, 1.82) is 0 Å². The quantitative estimate of drug-likeness (QED) is 0.564. The smallest absolute Gasteiger partial charge is 0.239 e. The van der Waals surface area contributed by atoms with E-state index in [1.807, 2.05) is 0 Å². The summed E-state index contributed by atoms with van der Waals surface area (Å²) in [7, 11) is 0. The van der Waals surface area contributed by atoms with Gasteiger partial charge in [0.25, 0.3) is 0 Å².